The summed E-state index contributed by atoms with van der Waals surface area (Å²) in [6.07, 6.45) is 1.52. The van der Waals surface area contributed by atoms with Gasteiger partial charge >= 0.3 is 0 Å². The van der Waals surface area contributed by atoms with Gasteiger partial charge in [-0.15, -0.1) is 0 Å². The fourth-order valence-corrected chi connectivity index (χ4v) is 2.51. The Hall–Kier alpha value is -2.99. The van der Waals surface area contributed by atoms with Crippen molar-refractivity contribution in [2.75, 3.05) is 0 Å². The lowest BCUT2D eigenvalue weighted by Gasteiger charge is -2.13. The maximum Gasteiger partial charge on any atom is 0.251 e. The van der Waals surface area contributed by atoms with Crippen molar-refractivity contribution in [2.24, 2.45) is 5.73 Å². The maximum atomic E-state index is 14.9. The van der Waals surface area contributed by atoms with Crippen LogP contribution in [0.1, 0.15) is 21.5 Å². The summed E-state index contributed by atoms with van der Waals surface area (Å²) < 4.78 is 34.7. The van der Waals surface area contributed by atoms with Crippen LogP contribution in [-0.4, -0.2) is 10.9 Å². The van der Waals surface area contributed by atoms with Crippen LogP contribution in [-0.2, 0) is 6.42 Å². The molecule has 7 heteroatoms. The van der Waals surface area contributed by atoms with Crippen molar-refractivity contribution in [3.63, 3.8) is 0 Å². The van der Waals surface area contributed by atoms with Crippen molar-refractivity contribution in [1.29, 1.82) is 0 Å². The van der Waals surface area contributed by atoms with Crippen LogP contribution in [0.15, 0.2) is 54.7 Å². The summed E-state index contributed by atoms with van der Waals surface area (Å²) in [5.74, 6) is -3.52. The van der Waals surface area contributed by atoms with Crippen molar-refractivity contribution in [2.45, 2.75) is 6.42 Å². The number of hydrogen-bond donors (Lipinski definition) is 1. The molecule has 132 valence electrons. The summed E-state index contributed by atoms with van der Waals surface area (Å²) >= 11 is 5.73. The van der Waals surface area contributed by atoms with Crippen molar-refractivity contribution in [3.8, 4) is 11.5 Å². The Morgan fingerprint density at radius 1 is 1.12 bits per heavy atom. The second kappa shape index (κ2) is 7.49. The van der Waals surface area contributed by atoms with Crippen LogP contribution in [0.25, 0.3) is 0 Å². The van der Waals surface area contributed by atoms with Crippen LogP contribution in [0.3, 0.4) is 0 Å². The third-order valence-corrected chi connectivity index (χ3v) is 3.87. The van der Waals surface area contributed by atoms with Crippen LogP contribution in [0.2, 0.25) is 5.15 Å². The van der Waals surface area contributed by atoms with E-state index in [1.54, 1.807) is 42.5 Å². The number of para-hydroxylation sites is 1. The molecule has 0 aliphatic rings. The highest BCUT2D eigenvalue weighted by atomic mass is 35.5. The highest BCUT2D eigenvalue weighted by Crippen LogP contribution is 2.33. The molecule has 0 bridgehead atoms. The monoisotopic (exact) mass is 374 g/mol. The second-order valence-corrected chi connectivity index (χ2v) is 5.87. The molecule has 2 N–H and O–H groups in total. The summed E-state index contributed by atoms with van der Waals surface area (Å²) in [6.45, 7) is 0. The average Bonchev–Trinajstić information content (AvgIpc) is 2.63. The molecule has 1 amide bonds. The molecule has 3 aromatic rings. The zero-order chi connectivity index (χ0) is 18.7. The van der Waals surface area contributed by atoms with E-state index < -0.39 is 28.9 Å². The van der Waals surface area contributed by atoms with Gasteiger partial charge in [0.05, 0.1) is 5.56 Å². The first-order valence-corrected chi connectivity index (χ1v) is 7.97. The van der Waals surface area contributed by atoms with Gasteiger partial charge in [0.2, 0.25) is 0 Å². The molecule has 0 atom stereocenters. The first kappa shape index (κ1) is 17.8. The fourth-order valence-electron chi connectivity index (χ4n) is 2.40. The number of rotatable bonds is 5. The van der Waals surface area contributed by atoms with Crippen LogP contribution in [0.4, 0.5) is 8.78 Å². The number of primary amides is 1. The van der Waals surface area contributed by atoms with E-state index in [-0.39, 0.29) is 17.7 Å². The third kappa shape index (κ3) is 3.81. The van der Waals surface area contributed by atoms with E-state index in [0.29, 0.717) is 10.7 Å². The molecule has 0 radical (unpaired) electrons. The Balaban J connectivity index is 2.06. The van der Waals surface area contributed by atoms with Gasteiger partial charge in [-0.25, -0.2) is 13.8 Å². The van der Waals surface area contributed by atoms with Crippen molar-refractivity contribution in [3.05, 3.63) is 88.2 Å². The molecule has 26 heavy (non-hydrogen) atoms. The molecule has 0 fully saturated rings. The van der Waals surface area contributed by atoms with Crippen LogP contribution < -0.4 is 10.5 Å². The number of aromatic nitrogens is 1. The SMILES string of the molecule is NC(=O)c1cc(Cc2ccc(Cl)nc2)c(F)c(Oc2ccccc2)c1F. The minimum Gasteiger partial charge on any atom is -0.451 e. The fraction of sp³-hybridized carbons (Fsp3) is 0.0526. The molecule has 1 aromatic heterocycles. The van der Waals surface area contributed by atoms with E-state index >= 15 is 0 Å². The van der Waals surface area contributed by atoms with Crippen molar-refractivity contribution in [1.82, 2.24) is 4.98 Å². The number of carbonyl (C=O) groups excluding carboxylic acids is 1. The molecular formula is C19H13ClF2N2O2. The number of halogens is 3. The number of benzene rings is 2. The van der Waals surface area contributed by atoms with Crippen molar-refractivity contribution < 1.29 is 18.3 Å². The molecule has 0 spiro atoms. The lowest BCUT2D eigenvalue weighted by atomic mass is 10.0. The van der Waals surface area contributed by atoms with Gasteiger partial charge in [-0.1, -0.05) is 35.9 Å². The highest BCUT2D eigenvalue weighted by Gasteiger charge is 2.23. The Morgan fingerprint density at radius 2 is 1.85 bits per heavy atom. The molecule has 0 unspecified atom stereocenters. The van der Waals surface area contributed by atoms with Gasteiger partial charge in [0.25, 0.3) is 5.91 Å². The maximum absolute atomic E-state index is 14.9. The summed E-state index contributed by atoms with van der Waals surface area (Å²) in [7, 11) is 0. The van der Waals surface area contributed by atoms with E-state index in [9.17, 15) is 13.6 Å². The zero-order valence-corrected chi connectivity index (χ0v) is 14.1. The van der Waals surface area contributed by atoms with Gasteiger partial charge in [-0.05, 0) is 35.4 Å². The molecule has 4 nitrogen and oxygen atoms in total. The average molecular weight is 375 g/mol. The van der Waals surface area contributed by atoms with E-state index in [2.05, 4.69) is 4.98 Å². The largest absolute Gasteiger partial charge is 0.451 e. The van der Waals surface area contributed by atoms with E-state index in [0.717, 1.165) is 6.07 Å². The van der Waals surface area contributed by atoms with Crippen LogP contribution in [0.5, 0.6) is 11.5 Å². The molecule has 0 aliphatic carbocycles. The minimum atomic E-state index is -1.14. The van der Waals surface area contributed by atoms with Crippen LogP contribution in [0, 0.1) is 11.6 Å². The number of amides is 1. The molecule has 3 rings (SSSR count). The lowest BCUT2D eigenvalue weighted by molar-refractivity contribution is 0.0995. The number of pyridine rings is 1. The number of hydrogen-bond acceptors (Lipinski definition) is 3. The molecule has 0 saturated carbocycles. The quantitative estimate of drug-likeness (QED) is 0.669. The predicted molar refractivity (Wildman–Crippen MR) is 93.4 cm³/mol. The Kier molecular flexibility index (Phi) is 5.14. The number of nitrogens with zero attached hydrogens (tertiary/aromatic N) is 1. The van der Waals surface area contributed by atoms with Crippen molar-refractivity contribution >= 4 is 17.5 Å². The third-order valence-electron chi connectivity index (χ3n) is 3.65. The molecular weight excluding hydrogens is 362 g/mol. The number of nitrogens with two attached hydrogens (primary N) is 1. The molecule has 0 saturated heterocycles. The molecule has 0 aliphatic heterocycles. The smallest absolute Gasteiger partial charge is 0.251 e. The Morgan fingerprint density at radius 3 is 2.46 bits per heavy atom. The number of carbonyl (C=O) groups is 1. The Bertz CT molecular complexity index is 948. The highest BCUT2D eigenvalue weighted by molar-refractivity contribution is 6.29. The lowest BCUT2D eigenvalue weighted by Crippen LogP contribution is -2.15. The van der Waals surface area contributed by atoms with E-state index in [4.69, 9.17) is 22.1 Å². The van der Waals surface area contributed by atoms with Gasteiger partial charge in [-0.3, -0.25) is 4.79 Å². The van der Waals surface area contributed by atoms with E-state index in [1.165, 1.54) is 6.20 Å². The van der Waals surface area contributed by atoms with Gasteiger partial charge in [0.1, 0.15) is 10.9 Å². The first-order chi connectivity index (χ1) is 12.5. The minimum absolute atomic E-state index is 0.0512. The molecule has 2 aromatic carbocycles. The zero-order valence-electron chi connectivity index (χ0n) is 13.4. The van der Waals surface area contributed by atoms with E-state index in [1.807, 2.05) is 0 Å². The summed E-state index contributed by atoms with van der Waals surface area (Å²) in [6, 6.07) is 12.4. The topological polar surface area (TPSA) is 65.2 Å². The number of ether oxygens (including phenoxy) is 1. The first-order valence-electron chi connectivity index (χ1n) is 7.59. The predicted octanol–water partition coefficient (Wildman–Crippen LogP) is 4.50. The summed E-state index contributed by atoms with van der Waals surface area (Å²) in [5, 5.41) is 0.291. The summed E-state index contributed by atoms with van der Waals surface area (Å²) in [5.41, 5.74) is 5.45. The normalized spacial score (nSPS) is 10.6. The molecule has 1 heterocycles. The Labute approximate surface area is 153 Å². The van der Waals surface area contributed by atoms with Gasteiger partial charge in [0.15, 0.2) is 17.4 Å². The summed E-state index contributed by atoms with van der Waals surface area (Å²) in [4.78, 5) is 15.5. The second-order valence-electron chi connectivity index (χ2n) is 5.49. The van der Waals surface area contributed by atoms with Gasteiger partial charge < -0.3 is 10.5 Å². The van der Waals surface area contributed by atoms with Gasteiger partial charge in [-0.2, -0.15) is 0 Å². The standard InChI is InChI=1S/C19H13ClF2N2O2/c20-15-7-6-11(10-24-15)8-12-9-14(19(23)25)17(22)18(16(12)21)26-13-4-2-1-3-5-13/h1-7,9-10H,8H2,(H2,23,25). The van der Waals surface area contributed by atoms with Gasteiger partial charge in [0, 0.05) is 12.6 Å². The van der Waals surface area contributed by atoms with Crippen LogP contribution >= 0.6 is 11.6 Å².